The lowest BCUT2D eigenvalue weighted by Crippen LogP contribution is -2.24. The Morgan fingerprint density at radius 3 is 0.820 bits per heavy atom. The molecule has 16 heteroatoms. The Hall–Kier alpha value is -12.9. The van der Waals surface area contributed by atoms with Crippen molar-refractivity contribution in [2.75, 3.05) is 14.2 Å². The van der Waals surface area contributed by atoms with E-state index in [1.54, 1.807) is 87.0 Å². The molecule has 0 amide bonds. The summed E-state index contributed by atoms with van der Waals surface area (Å²) < 4.78 is 103. The fourth-order valence-corrected chi connectivity index (χ4v) is 17.8. The first-order valence-corrected chi connectivity index (χ1v) is 40.5. The van der Waals surface area contributed by atoms with Crippen molar-refractivity contribution in [3.63, 3.8) is 0 Å². The van der Waals surface area contributed by atoms with Gasteiger partial charge in [0, 0.05) is 56.0 Å². The van der Waals surface area contributed by atoms with E-state index in [0.29, 0.717) is 46.0 Å². The summed E-state index contributed by atoms with van der Waals surface area (Å²) in [6, 6.07) is 106. The van der Waals surface area contributed by atoms with Crippen LogP contribution in [0.3, 0.4) is 0 Å². The highest BCUT2D eigenvalue weighted by Crippen LogP contribution is 2.44. The summed E-state index contributed by atoms with van der Waals surface area (Å²) in [5.74, 6) is 6.37. The van der Waals surface area contributed by atoms with Gasteiger partial charge in [-0.3, -0.25) is 9.97 Å². The Labute approximate surface area is 647 Å². The van der Waals surface area contributed by atoms with Gasteiger partial charge in [-0.05, 0) is 254 Å². The number of ether oxygens (including phenoxy) is 6. The molecule has 111 heavy (non-hydrogen) atoms. The van der Waals surface area contributed by atoms with Crippen LogP contribution in [0, 0.1) is 13.8 Å². The molecule has 550 valence electrons. The Morgan fingerprint density at radius 1 is 0.270 bits per heavy atom. The predicted molar refractivity (Wildman–Crippen MR) is 441 cm³/mol. The summed E-state index contributed by atoms with van der Waals surface area (Å²) in [5, 5.41) is 2.39. The van der Waals surface area contributed by atoms with Crippen LogP contribution in [-0.4, -0.2) is 41.0 Å². The van der Waals surface area contributed by atoms with Crippen LogP contribution >= 0.6 is 7.14 Å². The van der Waals surface area contributed by atoms with E-state index in [4.69, 9.17) is 28.4 Å². The van der Waals surface area contributed by atoms with E-state index in [0.717, 1.165) is 94.4 Å². The van der Waals surface area contributed by atoms with Gasteiger partial charge in [-0.15, -0.1) is 0 Å². The van der Waals surface area contributed by atoms with Gasteiger partial charge < -0.3 is 33.0 Å². The molecule has 0 saturated heterocycles. The van der Waals surface area contributed by atoms with Crippen molar-refractivity contribution < 1.29 is 49.8 Å². The summed E-state index contributed by atoms with van der Waals surface area (Å²) >= 11 is 0. The van der Waals surface area contributed by atoms with E-state index < -0.39 is 26.8 Å². The number of pyridine rings is 2. The molecule has 13 aromatic carbocycles. The van der Waals surface area contributed by atoms with Crippen molar-refractivity contribution in [2.24, 2.45) is 0 Å². The average molecular weight is 1520 g/mol. The molecule has 0 radical (unpaired) electrons. The lowest BCUT2D eigenvalue weighted by molar-refractivity contribution is 0.415. The van der Waals surface area contributed by atoms with Crippen LogP contribution in [0.2, 0.25) is 0 Å². The fourth-order valence-electron chi connectivity index (χ4n) is 12.6. The molecule has 1 unspecified atom stereocenters. The molecule has 2 aromatic heterocycles. The molecule has 0 fully saturated rings. The van der Waals surface area contributed by atoms with Crippen molar-refractivity contribution in [3.05, 3.63) is 380 Å². The van der Waals surface area contributed by atoms with Gasteiger partial charge in [-0.25, -0.2) is 16.8 Å². The standard InChI is InChI=1S/C58H47NO8S2.C37H30NO3P/c1-40-5-30-53(31-6-40)68(60,61)54-32-26-51(27-33-54)66-48-20-12-44(13-21-48)58(2,3)45-14-22-49(23-15-45)67-52-28-36-56(37-29-52)69(62,63)55-34-24-50(25-35-55)65-47-18-9-42(10-19-47)57-38-11-43(39-59-57)41-7-16-46(64-4)17-8-41;1-27-8-21-35(22-9-27)42(39,34-6-4-3-5-7-34)36-23-19-33(20-24-36)41-32-17-12-29(13-18-32)37-25-14-30(26-38-37)28-10-15-31(40-2)16-11-28/h5-39H,1-4H3;3-26H,1-2H3. The molecule has 15 aromatic rings. The number of sulfone groups is 2. The van der Waals surface area contributed by atoms with Crippen molar-refractivity contribution >= 4 is 42.7 Å². The van der Waals surface area contributed by atoms with Crippen LogP contribution in [0.4, 0.5) is 0 Å². The zero-order valence-corrected chi connectivity index (χ0v) is 64.2. The Kier molecular flexibility index (Phi) is 22.2. The van der Waals surface area contributed by atoms with Crippen LogP contribution < -0.4 is 44.3 Å². The van der Waals surface area contributed by atoms with Crippen LogP contribution in [0.25, 0.3) is 44.8 Å². The van der Waals surface area contributed by atoms with Gasteiger partial charge >= 0.3 is 0 Å². The molecule has 0 aliphatic rings. The maximum atomic E-state index is 14.6. The summed E-state index contributed by atoms with van der Waals surface area (Å²) in [7, 11) is -7.18. The Bertz CT molecular complexity index is 5950. The second-order valence-electron chi connectivity index (χ2n) is 27.0. The molecule has 0 aliphatic heterocycles. The minimum atomic E-state index is -3.81. The molecule has 0 aliphatic carbocycles. The van der Waals surface area contributed by atoms with Gasteiger partial charge in [0.25, 0.3) is 0 Å². The number of methoxy groups -OCH3 is 2. The summed E-state index contributed by atoms with van der Waals surface area (Å²) in [6.45, 7) is 8.21. The third-order valence-electron chi connectivity index (χ3n) is 19.2. The Morgan fingerprint density at radius 2 is 0.514 bits per heavy atom. The largest absolute Gasteiger partial charge is 0.497 e. The zero-order chi connectivity index (χ0) is 77.1. The van der Waals surface area contributed by atoms with Crippen molar-refractivity contribution in [3.8, 4) is 102 Å². The van der Waals surface area contributed by atoms with E-state index in [2.05, 4.69) is 29.9 Å². The van der Waals surface area contributed by atoms with Gasteiger partial charge in [-0.1, -0.05) is 152 Å². The first kappa shape index (κ1) is 74.9. The number of benzene rings is 13. The number of hydrogen-bond donors (Lipinski definition) is 0. The summed E-state index contributed by atoms with van der Waals surface area (Å²) in [4.78, 5) is 10.1. The molecule has 2 heterocycles. The van der Waals surface area contributed by atoms with E-state index >= 15 is 0 Å². The molecule has 0 saturated carbocycles. The third kappa shape index (κ3) is 17.3. The number of hydrogen-bond acceptors (Lipinski definition) is 13. The van der Waals surface area contributed by atoms with Crippen LogP contribution in [-0.2, 0) is 29.7 Å². The van der Waals surface area contributed by atoms with E-state index in [1.807, 2.05) is 269 Å². The molecule has 13 nitrogen and oxygen atoms in total. The van der Waals surface area contributed by atoms with Crippen LogP contribution in [0.5, 0.6) is 57.5 Å². The molecule has 0 bridgehead atoms. The van der Waals surface area contributed by atoms with Gasteiger partial charge in [0.1, 0.15) is 57.5 Å². The smallest absolute Gasteiger partial charge is 0.206 e. The molecular weight excluding hydrogens is 1440 g/mol. The first-order valence-electron chi connectivity index (χ1n) is 35.8. The van der Waals surface area contributed by atoms with Gasteiger partial charge in [0.15, 0.2) is 7.14 Å². The van der Waals surface area contributed by atoms with E-state index in [1.165, 1.54) is 24.3 Å². The van der Waals surface area contributed by atoms with Crippen molar-refractivity contribution in [2.45, 2.75) is 52.7 Å². The van der Waals surface area contributed by atoms with E-state index in [-0.39, 0.29) is 25.0 Å². The topological polar surface area (TPSA) is 167 Å². The molecule has 15 rings (SSSR count). The number of aromatic nitrogens is 2. The first-order chi connectivity index (χ1) is 53.8. The van der Waals surface area contributed by atoms with Crippen molar-refractivity contribution in [1.29, 1.82) is 0 Å². The number of nitrogens with zero attached hydrogens (tertiary/aromatic N) is 2. The number of rotatable bonds is 23. The van der Waals surface area contributed by atoms with Crippen molar-refractivity contribution in [1.82, 2.24) is 9.97 Å². The Balaban J connectivity index is 0.000000208. The quantitative estimate of drug-likeness (QED) is 0.0556. The average Bonchev–Trinajstić information content (AvgIpc) is 0.767. The summed E-state index contributed by atoms with van der Waals surface area (Å²) in [6.07, 6.45) is 3.73. The highest BCUT2D eigenvalue weighted by Gasteiger charge is 2.30. The molecule has 0 spiro atoms. The van der Waals surface area contributed by atoms with Gasteiger partial charge in [-0.2, -0.15) is 0 Å². The highest BCUT2D eigenvalue weighted by molar-refractivity contribution is 7.91. The monoisotopic (exact) mass is 1520 g/mol. The third-order valence-corrected chi connectivity index (χ3v) is 25.9. The highest BCUT2D eigenvalue weighted by atomic mass is 32.2. The molecular formula is C95H77N2O11PS2. The maximum Gasteiger partial charge on any atom is 0.206 e. The van der Waals surface area contributed by atoms with Crippen LogP contribution in [0.15, 0.2) is 378 Å². The second-order valence-corrected chi connectivity index (χ2v) is 33.6. The van der Waals surface area contributed by atoms with Crippen LogP contribution in [0.1, 0.15) is 36.1 Å². The number of aryl methyl sites for hydroxylation is 2. The zero-order valence-electron chi connectivity index (χ0n) is 61.7. The minimum Gasteiger partial charge on any atom is -0.497 e. The SMILES string of the molecule is COc1ccc(-c2ccc(-c3ccc(Oc4ccc(P(=O)(c5ccccc5)c5ccc(C)cc5)cc4)cc3)nc2)cc1.COc1ccc(-c2ccc(-c3ccc(Oc4ccc(S(=O)(=O)c5ccc(Oc6ccc(C(C)(C)c7ccc(Oc8ccc(S(=O)(=O)c9ccc(C)cc9)cc8)cc7)cc6)cc5)cc4)cc3)nc2)cc1. The normalized spacial score (nSPS) is 11.9. The molecule has 1 atom stereocenters. The predicted octanol–water partition coefficient (Wildman–Crippen LogP) is 22.3. The lowest BCUT2D eigenvalue weighted by atomic mass is 9.78. The maximum absolute atomic E-state index is 14.6. The lowest BCUT2D eigenvalue weighted by Gasteiger charge is -2.26. The fraction of sp³-hybridized carbons (Fsp3) is 0.0737. The van der Waals surface area contributed by atoms with Gasteiger partial charge in [0.2, 0.25) is 19.7 Å². The van der Waals surface area contributed by atoms with E-state index in [9.17, 15) is 21.4 Å². The minimum absolute atomic E-state index is 0.139. The molecule has 0 N–H and O–H groups in total. The second kappa shape index (κ2) is 32.9. The van der Waals surface area contributed by atoms with Gasteiger partial charge in [0.05, 0.1) is 45.2 Å². The summed E-state index contributed by atoms with van der Waals surface area (Å²) in [5.41, 5.74) is 11.7.